The fourth-order valence-electron chi connectivity index (χ4n) is 8.22. The third kappa shape index (κ3) is 24.4. The minimum atomic E-state index is -1.94. The van der Waals surface area contributed by atoms with Crippen molar-refractivity contribution in [1.29, 1.82) is 0 Å². The second kappa shape index (κ2) is 37.2. The number of unbranched alkanes of at least 4 members (excludes halogenated alkanes) is 4. The van der Waals surface area contributed by atoms with Crippen LogP contribution in [0, 0.1) is 0 Å². The average molecular weight is 1150 g/mol. The van der Waals surface area contributed by atoms with E-state index in [1.165, 1.54) is 0 Å². The van der Waals surface area contributed by atoms with Crippen LogP contribution in [0.1, 0.15) is 97.5 Å². The number of benzene rings is 1. The number of hydrogen-bond donors (Lipinski definition) is 19. The number of hydrogen-bond acceptors (Lipinski definition) is 19. The first-order valence-corrected chi connectivity index (χ1v) is 27.2. The molecule has 1 saturated heterocycles. The van der Waals surface area contributed by atoms with Crippen LogP contribution in [-0.4, -0.2) is 209 Å². The van der Waals surface area contributed by atoms with Gasteiger partial charge in [-0.3, -0.25) is 52.7 Å². The van der Waals surface area contributed by atoms with Crippen molar-refractivity contribution >= 4 is 65.0 Å². The van der Waals surface area contributed by atoms with E-state index in [0.717, 1.165) is 46.5 Å². The maximum atomic E-state index is 14.2. The van der Waals surface area contributed by atoms with E-state index in [1.54, 1.807) is 30.3 Å². The number of rotatable bonds is 26. The van der Waals surface area contributed by atoms with Gasteiger partial charge in [0.2, 0.25) is 65.0 Å². The largest absolute Gasteiger partial charge is 0.394 e. The molecule has 1 aromatic carbocycles. The molecule has 1 aliphatic heterocycles. The van der Waals surface area contributed by atoms with E-state index < -0.39 is 170 Å². The highest BCUT2D eigenvalue weighted by atomic mass is 16.3. The van der Waals surface area contributed by atoms with Crippen LogP contribution in [0.2, 0.25) is 0 Å². The summed E-state index contributed by atoms with van der Waals surface area (Å²) in [7, 11) is 0. The van der Waals surface area contributed by atoms with Crippen molar-refractivity contribution in [2.24, 2.45) is 17.2 Å². The lowest BCUT2D eigenvalue weighted by Crippen LogP contribution is -2.63. The van der Waals surface area contributed by atoms with Gasteiger partial charge in [-0.15, -0.1) is 0 Å². The van der Waals surface area contributed by atoms with Crippen LogP contribution in [0.5, 0.6) is 0 Å². The Bertz CT molecular complexity index is 2230. The highest BCUT2D eigenvalue weighted by Crippen LogP contribution is 2.10. The Kier molecular flexibility index (Phi) is 32.2. The molecule has 0 aromatic heterocycles. The first-order valence-electron chi connectivity index (χ1n) is 27.2. The molecule has 2 rings (SSSR count). The lowest BCUT2D eigenvalue weighted by atomic mass is 10.0. The third-order valence-corrected chi connectivity index (χ3v) is 12.9. The van der Waals surface area contributed by atoms with E-state index in [4.69, 9.17) is 17.2 Å². The molecule has 0 aliphatic carbocycles. The van der Waals surface area contributed by atoms with Crippen LogP contribution in [0.3, 0.4) is 0 Å². The monoisotopic (exact) mass is 1150 g/mol. The van der Waals surface area contributed by atoms with Gasteiger partial charge < -0.3 is 101 Å². The number of amides is 11. The SMILES string of the molecule is CCCCCCCC(=O)N[C@@H](CCN)C(=O)N[C@H](C(=O)N[C@H](CO)C(=O)N[C@H]1CCNC(=O)[C@H]([C@@H](C)O)NC(=O)[C@H](CCN)NC(=O)[C@H](CCN)NC(=O)[C@H]([C@@H](C)O)NC(=O)C(Cc2ccccc2)NC(=O)[C@H](CO)NC1=O)[C@@H](C)O. The highest BCUT2D eigenvalue weighted by Gasteiger charge is 2.38. The van der Waals surface area contributed by atoms with Crippen molar-refractivity contribution in [2.75, 3.05) is 39.4 Å². The van der Waals surface area contributed by atoms with Gasteiger partial charge in [-0.05, 0) is 78.1 Å². The molecule has 81 heavy (non-hydrogen) atoms. The maximum absolute atomic E-state index is 14.2. The van der Waals surface area contributed by atoms with Gasteiger partial charge in [0.15, 0.2) is 0 Å². The summed E-state index contributed by atoms with van der Waals surface area (Å²) >= 11 is 0. The number of carbonyl (C=O) groups excluding carboxylic acids is 11. The number of nitrogens with one attached hydrogen (secondary N) is 11. The third-order valence-electron chi connectivity index (χ3n) is 12.9. The molecule has 22 N–H and O–H groups in total. The van der Waals surface area contributed by atoms with Crippen molar-refractivity contribution < 1.29 is 78.3 Å². The molecule has 0 radical (unpaired) electrons. The Morgan fingerprint density at radius 1 is 0.593 bits per heavy atom. The predicted molar refractivity (Wildman–Crippen MR) is 291 cm³/mol. The van der Waals surface area contributed by atoms with E-state index in [-0.39, 0.29) is 51.7 Å². The summed E-state index contributed by atoms with van der Waals surface area (Å²) in [6.07, 6.45) is -1.92. The van der Waals surface area contributed by atoms with Crippen molar-refractivity contribution in [1.82, 2.24) is 58.5 Å². The van der Waals surface area contributed by atoms with E-state index >= 15 is 0 Å². The van der Waals surface area contributed by atoms with Crippen molar-refractivity contribution in [2.45, 2.75) is 177 Å². The normalized spacial score (nSPS) is 23.4. The summed E-state index contributed by atoms with van der Waals surface area (Å²) in [5, 5.41) is 78.9. The summed E-state index contributed by atoms with van der Waals surface area (Å²) in [5.74, 6) is -11.5. The van der Waals surface area contributed by atoms with Crippen LogP contribution in [0.25, 0.3) is 0 Å². The Labute approximate surface area is 470 Å². The number of aliphatic hydroxyl groups is 5. The Hall–Kier alpha value is -6.93. The topological polar surface area (TPSA) is 499 Å². The molecular weight excluding hydrogens is 1060 g/mol. The molecule has 11 amide bonds. The standard InChI is InChI=1S/C51H86N14O16/c1-5-6-7-8-12-15-38(71)56-31(16-20-52)44(74)64-41(29(4)70)51(81)62-37(26-67)47(77)58-34-19-23-55-49(79)39(27(2)68)63-45(75)33(18-22-54)57-42(72)32(17-21-53)59-50(80)40(28(3)69)65-46(76)35(24-30-13-10-9-11-14-30)60-48(78)36(25-66)61-43(34)73/h9-11,13-14,27-29,31-37,39-41,66-70H,5-8,12,15-26,52-54H2,1-4H3,(H,55,79)(H,56,71)(H,57,72)(H,58,77)(H,59,80)(H,60,78)(H,61,73)(H,62,81)(H,63,75)(H,64,74)(H,65,76)/t27-,28-,29-,31+,32+,33+,34+,35?,36+,37-,39+,40+,41+/m1/s1. The van der Waals surface area contributed by atoms with Gasteiger partial charge in [-0.1, -0.05) is 62.9 Å². The first-order chi connectivity index (χ1) is 38.5. The van der Waals surface area contributed by atoms with Gasteiger partial charge in [0.1, 0.15) is 60.4 Å². The fraction of sp³-hybridized carbons (Fsp3) is 0.667. The second-order valence-electron chi connectivity index (χ2n) is 19.7. The van der Waals surface area contributed by atoms with Gasteiger partial charge in [-0.25, -0.2) is 0 Å². The lowest BCUT2D eigenvalue weighted by Gasteiger charge is -2.28. The Balaban J connectivity index is 2.61. The molecule has 30 nitrogen and oxygen atoms in total. The van der Waals surface area contributed by atoms with Crippen LogP contribution in [0.4, 0.5) is 0 Å². The predicted octanol–water partition coefficient (Wildman–Crippen LogP) is -7.87. The first kappa shape index (κ1) is 70.2. The molecule has 1 aliphatic rings. The number of carbonyl (C=O) groups is 11. The molecule has 13 atom stereocenters. The summed E-state index contributed by atoms with van der Waals surface area (Å²) in [4.78, 5) is 151. The van der Waals surface area contributed by atoms with E-state index in [0.29, 0.717) is 12.0 Å². The zero-order valence-corrected chi connectivity index (χ0v) is 46.4. The summed E-state index contributed by atoms with van der Waals surface area (Å²) in [5.41, 5.74) is 17.7. The number of aliphatic hydroxyl groups excluding tert-OH is 5. The van der Waals surface area contributed by atoms with Gasteiger partial charge in [-0.2, -0.15) is 0 Å². The zero-order valence-electron chi connectivity index (χ0n) is 46.4. The van der Waals surface area contributed by atoms with Crippen molar-refractivity contribution in [3.63, 3.8) is 0 Å². The summed E-state index contributed by atoms with van der Waals surface area (Å²) in [6.45, 7) is 2.15. The number of nitrogens with two attached hydrogens (primary N) is 3. The van der Waals surface area contributed by atoms with Crippen molar-refractivity contribution in [3.05, 3.63) is 35.9 Å². The minimum Gasteiger partial charge on any atom is -0.394 e. The smallest absolute Gasteiger partial charge is 0.245 e. The molecular formula is C51H86N14O16. The van der Waals surface area contributed by atoms with E-state index in [9.17, 15) is 78.3 Å². The lowest BCUT2D eigenvalue weighted by molar-refractivity contribution is -0.138. The van der Waals surface area contributed by atoms with E-state index in [2.05, 4.69) is 58.5 Å². The molecule has 1 unspecified atom stereocenters. The molecule has 1 aromatic rings. The molecule has 456 valence electrons. The van der Waals surface area contributed by atoms with Gasteiger partial charge in [0.05, 0.1) is 31.5 Å². The Morgan fingerprint density at radius 2 is 1.12 bits per heavy atom. The van der Waals surface area contributed by atoms with Gasteiger partial charge in [0, 0.05) is 19.4 Å². The average Bonchev–Trinajstić information content (AvgIpc) is 3.42. The summed E-state index contributed by atoms with van der Waals surface area (Å²) in [6, 6.07) is -8.75. The van der Waals surface area contributed by atoms with Crippen LogP contribution in [0.15, 0.2) is 30.3 Å². The molecule has 30 heteroatoms. The van der Waals surface area contributed by atoms with Crippen LogP contribution in [-0.2, 0) is 59.2 Å². The van der Waals surface area contributed by atoms with Crippen molar-refractivity contribution in [3.8, 4) is 0 Å². The molecule has 0 saturated carbocycles. The van der Waals surface area contributed by atoms with E-state index in [1.807, 2.05) is 6.92 Å². The molecule has 0 bridgehead atoms. The summed E-state index contributed by atoms with van der Waals surface area (Å²) < 4.78 is 0. The van der Waals surface area contributed by atoms with Gasteiger partial charge in [0.25, 0.3) is 0 Å². The zero-order chi connectivity index (χ0) is 60.8. The van der Waals surface area contributed by atoms with Crippen LogP contribution >= 0.6 is 0 Å². The van der Waals surface area contributed by atoms with Gasteiger partial charge >= 0.3 is 0 Å². The quantitative estimate of drug-likeness (QED) is 0.0383. The minimum absolute atomic E-state index is 0.0560. The molecule has 1 fully saturated rings. The fourth-order valence-corrected chi connectivity index (χ4v) is 8.22. The van der Waals surface area contributed by atoms with Crippen LogP contribution < -0.4 is 75.7 Å². The molecule has 0 spiro atoms. The Morgan fingerprint density at radius 3 is 1.67 bits per heavy atom. The molecule has 1 heterocycles. The second-order valence-corrected chi connectivity index (χ2v) is 19.7. The maximum Gasteiger partial charge on any atom is 0.245 e. The highest BCUT2D eigenvalue weighted by molar-refractivity contribution is 5.99.